The Morgan fingerprint density at radius 3 is 1.14 bits per heavy atom. The number of allylic oxidation sites excluding steroid dienone is 2. The van der Waals surface area contributed by atoms with Crippen molar-refractivity contribution >= 4 is 51.2 Å². The molecule has 2 heterocycles. The fourth-order valence-electron chi connectivity index (χ4n) is 8.12. The molecular weight excluding hydrogens is 2440 g/mol. The number of nitrogens with zero attached hydrogens (tertiary/aromatic N) is 4. The van der Waals surface area contributed by atoms with Crippen molar-refractivity contribution in [2.75, 3.05) is 27.2 Å². The van der Waals surface area contributed by atoms with Gasteiger partial charge in [0, 0.05) is 449 Å². The maximum Gasteiger partial charge on any atom is 2.00 e. The number of carbonyl (C=O) groups is 1. The van der Waals surface area contributed by atoms with Gasteiger partial charge in [-0.05, 0) is 74.6 Å². The minimum Gasteiger partial charge on any atom is -0.680 e. The summed E-state index contributed by atoms with van der Waals surface area (Å²) >= 11 is 0. The van der Waals surface area contributed by atoms with E-state index in [1.54, 1.807) is 13.7 Å². The van der Waals surface area contributed by atoms with Crippen LogP contribution < -0.4 is 14.2 Å². The van der Waals surface area contributed by atoms with E-state index in [1.165, 1.54) is 34.7 Å². The summed E-state index contributed by atoms with van der Waals surface area (Å²) in [4.78, 5) is 25.5. The summed E-state index contributed by atoms with van der Waals surface area (Å²) in [6, 6.07) is 89.2. The van der Waals surface area contributed by atoms with Gasteiger partial charge in [-0.2, -0.15) is 80.3 Å². The second-order valence-corrected chi connectivity index (χ2v) is 19.6. The average Bonchev–Trinajstić information content (AvgIpc) is 1.74. The molecule has 1 fully saturated rings. The first-order valence-corrected chi connectivity index (χ1v) is 38.5. The first kappa shape index (κ1) is 181. The normalized spacial score (nSPS) is 9.46. The number of pyridine rings is 1. The molecule has 10 aromatic rings. The molecule has 0 saturated heterocycles. The molecule has 1 aliphatic carbocycles. The minimum atomic E-state index is 0. The van der Waals surface area contributed by atoms with Crippen LogP contribution in [0.1, 0.15) is 207 Å². The third-order valence-electron chi connectivity index (χ3n) is 12.9. The fraction of sp³-hybridized carbons (Fsp3) is 0.327. The smallest absolute Gasteiger partial charge is 0.680 e. The van der Waals surface area contributed by atoms with E-state index in [0.29, 0.717) is 17.4 Å². The number of benzene rings is 9. The van der Waals surface area contributed by atoms with Crippen LogP contribution in [0.2, 0.25) is 0 Å². The topological polar surface area (TPSA) is 94.7 Å². The number of hydrogen-bond acceptors (Lipinski definition) is 8. The summed E-state index contributed by atoms with van der Waals surface area (Å²) in [5, 5.41) is 3.77. The van der Waals surface area contributed by atoms with Crippen molar-refractivity contribution < 1.29 is 498 Å². The van der Waals surface area contributed by atoms with Crippen molar-refractivity contribution in [3.63, 3.8) is 0 Å². The Morgan fingerprint density at radius 1 is 0.488 bits per heavy atom. The molecule has 8 nitrogen and oxygen atoms in total. The van der Waals surface area contributed by atoms with Gasteiger partial charge in [0.25, 0.3) is 0 Å². The molecule has 22 heteroatoms. The summed E-state index contributed by atoms with van der Waals surface area (Å²) < 4.78 is 16.2. The van der Waals surface area contributed by atoms with Crippen molar-refractivity contribution in [1.29, 1.82) is 0 Å². The van der Waals surface area contributed by atoms with Crippen molar-refractivity contribution in [2.24, 2.45) is 26.8 Å². The molecule has 1 radical (unpaired) electrons. The zero-order chi connectivity index (χ0) is 84.3. The van der Waals surface area contributed by atoms with Crippen molar-refractivity contribution in [2.45, 2.75) is 186 Å². The summed E-state index contributed by atoms with van der Waals surface area (Å²) in [6.45, 7) is 70.4. The van der Waals surface area contributed by atoms with E-state index < -0.39 is 0 Å². The number of ether oxygens (including phenoxy) is 3. The molecule has 1 aromatic heterocycles. The van der Waals surface area contributed by atoms with Gasteiger partial charge in [0.1, 0.15) is 12.5 Å². The molecule has 2 aliphatic rings. The maximum absolute atomic E-state index is 8.00. The quantitative estimate of drug-likeness (QED) is 0.0654. The molecule has 1 unspecified atom stereocenters. The Hall–Kier alpha value is 5.48. The third-order valence-corrected chi connectivity index (χ3v) is 12.9. The van der Waals surface area contributed by atoms with Gasteiger partial charge < -0.3 is 52.7 Å². The van der Waals surface area contributed by atoms with Gasteiger partial charge in [-0.15, -0.1) is 128 Å². The second kappa shape index (κ2) is 143. The fourth-order valence-corrected chi connectivity index (χ4v) is 8.12. The molecule has 0 bridgehead atoms. The van der Waals surface area contributed by atoms with Gasteiger partial charge in [0.2, 0.25) is 0 Å². The molecule has 1 atom stereocenters. The Bertz CT molecular complexity index is 3770. The van der Waals surface area contributed by atoms with Gasteiger partial charge in [-0.3, -0.25) is 15.0 Å². The predicted octanol–water partition coefficient (Wildman–Crippen LogP) is 28.9. The Kier molecular flexibility index (Phi) is 210. The van der Waals surface area contributed by atoms with Gasteiger partial charge in [0.05, 0.1) is 12.1 Å². The van der Waals surface area contributed by atoms with Crippen LogP contribution in [0.15, 0.2) is 258 Å². The SMILES string of the molecule is C=O.CC.CC.CC.CC.CC.CC.CC.CC.CC.CC1=NCC(C)COc2ccccc21.CN=C(C)C1CC1.CN=C(c1[c-]cccc1)c1[c-]cccc1.C[C-]=C(C)c1[c-]cccc1.C[CH-]Oc1[c-]cccc1.Cc1nc2ccccc2c2ccccc12.[Ar].[Ar].[Ar].[Ar].[Ar].[Ar].[Ar].[Ar].[Ar].[Ar].[CH-]=C=C.[CH-]=C=C.[U+2].[U+2].[V+2].[W+2].[c-]1ccccc1Oc1[c-]cccc1. The van der Waals surface area contributed by atoms with E-state index >= 15 is 0 Å². The van der Waals surface area contributed by atoms with Crippen LogP contribution in [-0.2, 0) is 44.4 Å². The van der Waals surface area contributed by atoms with Crippen LogP contribution >= 0.6 is 0 Å². The maximum atomic E-state index is 8.00. The number of hydrogen-bond donors (Lipinski definition) is 0. The first-order chi connectivity index (χ1) is 53.4. The molecule has 1 aliphatic heterocycles. The summed E-state index contributed by atoms with van der Waals surface area (Å²) in [5.74, 6) is 4.51. The van der Waals surface area contributed by atoms with Gasteiger partial charge in [0.15, 0.2) is 0 Å². The molecule has 0 N–H and O–H groups in total. The molecule has 1 saturated carbocycles. The number of carbonyl (C=O) groups excluding carboxylic acids is 1. The molecular formula is C101H136Ar10N4O4U2VW-2. The predicted molar refractivity (Wildman–Crippen MR) is 482 cm³/mol. The standard InChI is InChI=1S/2C14H11N.C12H15NO.C12H8O.C10H10.C8H8O.C6H11N.2C3H3.9C2H6.CH2O.10Ar.2U.V.W/c1-10-11-6-2-3-7-12(11)13-8-4-5-9-14(13)15-10;1-15-14(12-8-4-2-5-9-12)13-10-6-3-7-11-13;1-9-7-13-10(2)11-5-3-4-6-12(11)14-8-9;1-3-7-11(8-4-1)13-12-9-5-2-6-10-12;1-3-9(2)10-7-5-4-6-8-10;1-2-9-8-6-4-3-5-7-8;1-5(7-2)6-3-4-6;2*1-3-2;10*1-2;;;;;;;;;;;;;;/h2-9H,1H3;2-8,10H,1H3;3-6,9H,7-8H2,1-2H3;1-7,9H;4-7H,1-2H3;2-6H,1H3;6H,3-4H2,1-2H3;2*1H,2H2;9*1-2H3;1H2;;;;;;;;;;;;;;/q;-2;;3*-2;;2*-1;;;;;;;;;;;;;;;;;;;;;4*+2. The van der Waals surface area contributed by atoms with Gasteiger partial charge >= 0.3 is 102 Å². The monoisotopic (exact) mass is 2580 g/mol. The summed E-state index contributed by atoms with van der Waals surface area (Å²) in [6.07, 6.45) is 5.82. The molecule has 9 aromatic carbocycles. The zero-order valence-electron chi connectivity index (χ0n) is 77.4. The van der Waals surface area contributed by atoms with Crippen LogP contribution in [0.5, 0.6) is 23.0 Å². The van der Waals surface area contributed by atoms with Crippen LogP contribution in [0, 0.1) is 521 Å². The Balaban J connectivity index is -0.0000000491. The van der Waals surface area contributed by atoms with Crippen LogP contribution in [0.3, 0.4) is 0 Å². The van der Waals surface area contributed by atoms with Crippen LogP contribution in [0.25, 0.3) is 27.2 Å². The second-order valence-electron chi connectivity index (χ2n) is 19.6. The zero-order valence-corrected chi connectivity index (χ0v) is 97.2. The summed E-state index contributed by atoms with van der Waals surface area (Å²) in [7, 11) is 3.66. The number of para-hydroxylation sites is 5. The Labute approximate surface area is 1130 Å². The van der Waals surface area contributed by atoms with E-state index in [4.69, 9.17) is 19.0 Å². The van der Waals surface area contributed by atoms with E-state index in [-0.39, 0.29) is 479 Å². The molecule has 12 rings (SSSR count). The Morgan fingerprint density at radius 2 is 0.813 bits per heavy atom. The number of aliphatic imine (C=N–C) groups is 3. The van der Waals surface area contributed by atoms with Gasteiger partial charge in [-0.25, -0.2) is 38.4 Å². The van der Waals surface area contributed by atoms with E-state index in [9.17, 15) is 0 Å². The van der Waals surface area contributed by atoms with Crippen molar-refractivity contribution in [1.82, 2.24) is 4.98 Å². The van der Waals surface area contributed by atoms with E-state index in [2.05, 4.69) is 158 Å². The number of rotatable bonds is 8. The van der Waals surface area contributed by atoms with E-state index in [1.807, 2.05) is 347 Å². The molecule has 0 spiro atoms. The molecule has 123 heavy (non-hydrogen) atoms. The number of aryl methyl sites for hydroxylation is 1. The van der Waals surface area contributed by atoms with Gasteiger partial charge in [-0.1, -0.05) is 186 Å². The van der Waals surface area contributed by atoms with Crippen molar-refractivity contribution in [3.05, 3.63) is 333 Å². The van der Waals surface area contributed by atoms with E-state index in [0.717, 1.165) is 81.0 Å². The number of aromatic nitrogens is 1. The third kappa shape index (κ3) is 96.2. The van der Waals surface area contributed by atoms with Crippen LogP contribution in [0.4, 0.5) is 0 Å². The number of fused-ring (bicyclic) bond motifs is 4. The van der Waals surface area contributed by atoms with Crippen LogP contribution in [-0.4, -0.2) is 56.2 Å². The summed E-state index contributed by atoms with van der Waals surface area (Å²) in [5.41, 5.74) is 14.9. The largest absolute Gasteiger partial charge is 2.00 e. The van der Waals surface area contributed by atoms with Crippen molar-refractivity contribution in [3.8, 4) is 23.0 Å². The molecule has 685 valence electrons. The first-order valence-electron chi connectivity index (χ1n) is 38.5. The average molecular weight is 2580 g/mol. The molecule has 0 amide bonds. The minimum absolute atomic E-state index is 0.